The van der Waals surface area contributed by atoms with Gasteiger partial charge in [0.25, 0.3) is 0 Å². The molecule has 0 radical (unpaired) electrons. The van der Waals surface area contributed by atoms with Gasteiger partial charge in [-0.25, -0.2) is 0 Å². The fourth-order valence-corrected chi connectivity index (χ4v) is 2.39. The Kier molecular flexibility index (Phi) is 7.68. The zero-order chi connectivity index (χ0) is 15.0. The van der Waals surface area contributed by atoms with Crippen molar-refractivity contribution < 1.29 is 10.1 Å². The molecule has 0 fully saturated rings. The normalized spacial score (nSPS) is 12.7. The van der Waals surface area contributed by atoms with Gasteiger partial charge in [-0.15, -0.1) is 0 Å². The first-order chi connectivity index (χ1) is 9.54. The number of nitrogens with two attached hydrogens (primary N) is 1. The Morgan fingerprint density at radius 1 is 1.15 bits per heavy atom. The molecule has 0 bridgehead atoms. The predicted octanol–water partition coefficient (Wildman–Crippen LogP) is 3.64. The lowest BCUT2D eigenvalue weighted by atomic mass is 9.98. The van der Waals surface area contributed by atoms with Crippen molar-refractivity contribution in [3.8, 4) is 5.75 Å². The minimum Gasteiger partial charge on any atom is -0.494 e. The molecule has 1 rings (SSSR count). The molecular weight excluding hydrogens is 246 g/mol. The summed E-state index contributed by atoms with van der Waals surface area (Å²) in [4.78, 5) is 0. The third-order valence-corrected chi connectivity index (χ3v) is 3.94. The zero-order valence-corrected chi connectivity index (χ0v) is 13.9. The lowest BCUT2D eigenvalue weighted by Gasteiger charge is -2.12. The summed E-state index contributed by atoms with van der Waals surface area (Å²) in [6.07, 6.45) is 3.61. The second-order valence-corrected chi connectivity index (χ2v) is 6.14. The molecule has 0 aliphatic heterocycles. The van der Waals surface area contributed by atoms with E-state index in [0.717, 1.165) is 24.8 Å². The Balaban J connectivity index is 2.24. The maximum Gasteiger partial charge on any atom is 0.119 e. The summed E-state index contributed by atoms with van der Waals surface area (Å²) in [5, 5.41) is 2.43. The van der Waals surface area contributed by atoms with Crippen molar-refractivity contribution in [1.82, 2.24) is 0 Å². The van der Waals surface area contributed by atoms with Crippen molar-refractivity contribution in [3.63, 3.8) is 0 Å². The number of unbranched alkanes of at least 4 members (excludes halogenated alkanes) is 1. The van der Waals surface area contributed by atoms with Crippen LogP contribution in [-0.2, 0) is 0 Å². The molecule has 2 heteroatoms. The zero-order valence-electron chi connectivity index (χ0n) is 13.9. The van der Waals surface area contributed by atoms with Gasteiger partial charge >= 0.3 is 0 Å². The van der Waals surface area contributed by atoms with E-state index in [-0.39, 0.29) is 0 Å². The summed E-state index contributed by atoms with van der Waals surface area (Å²) in [5.74, 6) is 1.60. The SMILES string of the molecule is CC[C@@H](C)[NH2+]CCCCOc1ccc(C(C)C)c(C)c1. The molecule has 0 amide bonds. The Bertz CT molecular complexity index is 387. The van der Waals surface area contributed by atoms with Crippen molar-refractivity contribution in [2.75, 3.05) is 13.2 Å². The maximum atomic E-state index is 5.84. The molecular formula is C18H32NO+. The highest BCUT2D eigenvalue weighted by Gasteiger charge is 2.05. The molecule has 0 saturated carbocycles. The van der Waals surface area contributed by atoms with Gasteiger partial charge in [0.15, 0.2) is 0 Å². The van der Waals surface area contributed by atoms with Crippen LogP contribution >= 0.6 is 0 Å². The standard InChI is InChI=1S/C18H31NO/c1-6-16(5)19-11-7-8-12-20-17-9-10-18(14(2)3)15(4)13-17/h9-10,13-14,16,19H,6-8,11-12H2,1-5H3/p+1/t16-/m1/s1. The lowest BCUT2D eigenvalue weighted by molar-refractivity contribution is -0.686. The van der Waals surface area contributed by atoms with Gasteiger partial charge in [-0.1, -0.05) is 26.8 Å². The van der Waals surface area contributed by atoms with E-state index in [9.17, 15) is 0 Å². The van der Waals surface area contributed by atoms with Gasteiger partial charge in [0.2, 0.25) is 0 Å². The molecule has 0 aliphatic carbocycles. The predicted molar refractivity (Wildman–Crippen MR) is 86.5 cm³/mol. The molecule has 0 unspecified atom stereocenters. The van der Waals surface area contributed by atoms with Gasteiger partial charge < -0.3 is 10.1 Å². The number of quaternary nitrogens is 1. The molecule has 2 nitrogen and oxygen atoms in total. The first-order valence-electron chi connectivity index (χ1n) is 8.11. The third kappa shape index (κ3) is 5.96. The Labute approximate surface area is 124 Å². The maximum absolute atomic E-state index is 5.84. The smallest absolute Gasteiger partial charge is 0.119 e. The number of hydrogen-bond donors (Lipinski definition) is 1. The minimum atomic E-state index is 0.583. The monoisotopic (exact) mass is 278 g/mol. The van der Waals surface area contributed by atoms with Crippen molar-refractivity contribution in [1.29, 1.82) is 0 Å². The topological polar surface area (TPSA) is 25.8 Å². The van der Waals surface area contributed by atoms with E-state index in [2.05, 4.69) is 58.1 Å². The van der Waals surface area contributed by atoms with E-state index in [0.29, 0.717) is 5.92 Å². The Morgan fingerprint density at radius 3 is 2.50 bits per heavy atom. The summed E-state index contributed by atoms with van der Waals surface area (Å²) >= 11 is 0. The fraction of sp³-hybridized carbons (Fsp3) is 0.667. The van der Waals surface area contributed by atoms with Crippen molar-refractivity contribution in [2.24, 2.45) is 0 Å². The molecule has 0 aliphatic rings. The molecule has 20 heavy (non-hydrogen) atoms. The van der Waals surface area contributed by atoms with Crippen LogP contribution in [0.15, 0.2) is 18.2 Å². The van der Waals surface area contributed by atoms with Crippen LogP contribution < -0.4 is 10.1 Å². The molecule has 1 aromatic rings. The lowest BCUT2D eigenvalue weighted by Crippen LogP contribution is -2.89. The van der Waals surface area contributed by atoms with Crippen molar-refractivity contribution in [3.05, 3.63) is 29.3 Å². The second kappa shape index (κ2) is 9.02. The molecule has 0 heterocycles. The number of rotatable bonds is 9. The van der Waals surface area contributed by atoms with Gasteiger partial charge in [-0.3, -0.25) is 0 Å². The summed E-state index contributed by atoms with van der Waals surface area (Å²) in [7, 11) is 0. The van der Waals surface area contributed by atoms with E-state index in [4.69, 9.17) is 4.74 Å². The van der Waals surface area contributed by atoms with E-state index in [1.807, 2.05) is 0 Å². The van der Waals surface area contributed by atoms with Crippen LogP contribution in [0, 0.1) is 6.92 Å². The number of ether oxygens (including phenoxy) is 1. The third-order valence-electron chi connectivity index (χ3n) is 3.94. The quantitative estimate of drug-likeness (QED) is 0.686. The first kappa shape index (κ1) is 17.0. The largest absolute Gasteiger partial charge is 0.494 e. The van der Waals surface area contributed by atoms with Crippen molar-refractivity contribution in [2.45, 2.75) is 65.8 Å². The summed E-state index contributed by atoms with van der Waals surface area (Å²) in [5.41, 5.74) is 2.75. The average molecular weight is 278 g/mol. The highest BCUT2D eigenvalue weighted by atomic mass is 16.5. The number of benzene rings is 1. The first-order valence-corrected chi connectivity index (χ1v) is 8.11. The van der Waals surface area contributed by atoms with Crippen LogP contribution in [0.5, 0.6) is 5.75 Å². The average Bonchev–Trinajstić information content (AvgIpc) is 2.42. The summed E-state index contributed by atoms with van der Waals surface area (Å²) in [6, 6.07) is 7.22. The van der Waals surface area contributed by atoms with Gasteiger partial charge in [-0.2, -0.15) is 0 Å². The molecule has 0 aromatic heterocycles. The van der Waals surface area contributed by atoms with Gasteiger partial charge in [0.1, 0.15) is 5.75 Å². The van der Waals surface area contributed by atoms with Crippen LogP contribution in [0.1, 0.15) is 64.0 Å². The van der Waals surface area contributed by atoms with Crippen LogP contribution in [0.25, 0.3) is 0 Å². The van der Waals surface area contributed by atoms with E-state index in [1.165, 1.54) is 30.5 Å². The van der Waals surface area contributed by atoms with Gasteiger partial charge in [-0.05, 0) is 62.3 Å². The van der Waals surface area contributed by atoms with E-state index >= 15 is 0 Å². The molecule has 2 N–H and O–H groups in total. The molecule has 0 saturated heterocycles. The highest BCUT2D eigenvalue weighted by molar-refractivity contribution is 5.36. The highest BCUT2D eigenvalue weighted by Crippen LogP contribution is 2.23. The minimum absolute atomic E-state index is 0.583. The summed E-state index contributed by atoms with van der Waals surface area (Å²) in [6.45, 7) is 13.2. The molecule has 1 atom stereocenters. The van der Waals surface area contributed by atoms with Crippen LogP contribution in [0.4, 0.5) is 0 Å². The number of aryl methyl sites for hydroxylation is 1. The molecule has 0 spiro atoms. The second-order valence-electron chi connectivity index (χ2n) is 6.14. The van der Waals surface area contributed by atoms with Gasteiger partial charge in [0, 0.05) is 0 Å². The van der Waals surface area contributed by atoms with E-state index in [1.54, 1.807) is 0 Å². The summed E-state index contributed by atoms with van der Waals surface area (Å²) < 4.78 is 5.84. The van der Waals surface area contributed by atoms with Crippen LogP contribution in [0.2, 0.25) is 0 Å². The fourth-order valence-electron chi connectivity index (χ4n) is 2.39. The van der Waals surface area contributed by atoms with Gasteiger partial charge in [0.05, 0.1) is 19.2 Å². The van der Waals surface area contributed by atoms with E-state index < -0.39 is 0 Å². The Hall–Kier alpha value is -1.02. The Morgan fingerprint density at radius 2 is 1.90 bits per heavy atom. The molecule has 1 aromatic carbocycles. The van der Waals surface area contributed by atoms with Crippen LogP contribution in [-0.4, -0.2) is 19.2 Å². The number of hydrogen-bond acceptors (Lipinski definition) is 1. The van der Waals surface area contributed by atoms with Crippen molar-refractivity contribution >= 4 is 0 Å². The molecule has 114 valence electrons. The van der Waals surface area contributed by atoms with Crippen LogP contribution in [0.3, 0.4) is 0 Å².